The van der Waals surface area contributed by atoms with Crippen LogP contribution in [-0.2, 0) is 0 Å². The van der Waals surface area contributed by atoms with Crippen molar-refractivity contribution in [3.8, 4) is 0 Å². The van der Waals surface area contributed by atoms with Gasteiger partial charge in [0, 0.05) is 11.8 Å². The Labute approximate surface area is 92.1 Å². The van der Waals surface area contributed by atoms with Gasteiger partial charge in [-0.05, 0) is 29.5 Å². The highest BCUT2D eigenvalue weighted by molar-refractivity contribution is 7.80. The van der Waals surface area contributed by atoms with Gasteiger partial charge < -0.3 is 5.73 Å². The lowest BCUT2D eigenvalue weighted by Gasteiger charge is -2.15. The summed E-state index contributed by atoms with van der Waals surface area (Å²) in [5.74, 6) is 1.25. The molecule has 0 heterocycles. The van der Waals surface area contributed by atoms with Crippen molar-refractivity contribution in [3.05, 3.63) is 34.9 Å². The quantitative estimate of drug-likeness (QED) is 0.735. The minimum absolute atomic E-state index is 0.0528. The monoisotopic (exact) mass is 209 g/mol. The third-order valence-electron chi connectivity index (χ3n) is 2.57. The van der Waals surface area contributed by atoms with Crippen molar-refractivity contribution in [2.24, 2.45) is 5.73 Å². The number of rotatable bonds is 3. The number of hydrogen-bond acceptors (Lipinski definition) is 2. The van der Waals surface area contributed by atoms with Crippen LogP contribution < -0.4 is 5.73 Å². The van der Waals surface area contributed by atoms with E-state index in [0.29, 0.717) is 11.7 Å². The number of thiol groups is 1. The van der Waals surface area contributed by atoms with Gasteiger partial charge in [-0.3, -0.25) is 0 Å². The zero-order valence-corrected chi connectivity index (χ0v) is 10.0. The third-order valence-corrected chi connectivity index (χ3v) is 2.96. The van der Waals surface area contributed by atoms with Gasteiger partial charge in [0.2, 0.25) is 0 Å². The van der Waals surface area contributed by atoms with Gasteiger partial charge in [-0.25, -0.2) is 0 Å². The lowest BCUT2D eigenvalue weighted by atomic mass is 9.95. The van der Waals surface area contributed by atoms with Crippen LogP contribution in [-0.4, -0.2) is 5.75 Å². The average molecular weight is 209 g/mol. The summed E-state index contributed by atoms with van der Waals surface area (Å²) in [6.45, 7) is 6.49. The number of benzene rings is 1. The predicted octanol–water partition coefficient (Wildman–Crippen LogP) is 3.05. The van der Waals surface area contributed by atoms with E-state index in [-0.39, 0.29) is 6.04 Å². The Hall–Kier alpha value is -0.470. The molecule has 0 aromatic heterocycles. The first kappa shape index (κ1) is 11.6. The van der Waals surface area contributed by atoms with Crippen molar-refractivity contribution in [1.82, 2.24) is 0 Å². The molecule has 1 nitrogen and oxygen atoms in total. The van der Waals surface area contributed by atoms with Crippen LogP contribution in [0.2, 0.25) is 0 Å². The predicted molar refractivity (Wildman–Crippen MR) is 66.0 cm³/mol. The molecular weight excluding hydrogens is 190 g/mol. The molecule has 0 amide bonds. The summed E-state index contributed by atoms with van der Waals surface area (Å²) in [6, 6.07) is 6.58. The van der Waals surface area contributed by atoms with Crippen molar-refractivity contribution in [2.75, 3.05) is 5.75 Å². The fourth-order valence-electron chi connectivity index (χ4n) is 1.52. The molecule has 1 rings (SSSR count). The average Bonchev–Trinajstić information content (AvgIpc) is 2.17. The Bertz CT molecular complexity index is 307. The molecule has 78 valence electrons. The molecular formula is C12H19NS. The van der Waals surface area contributed by atoms with Gasteiger partial charge in [-0.2, -0.15) is 12.6 Å². The van der Waals surface area contributed by atoms with Gasteiger partial charge in [0.25, 0.3) is 0 Å². The van der Waals surface area contributed by atoms with Gasteiger partial charge in [-0.15, -0.1) is 0 Å². The van der Waals surface area contributed by atoms with Crippen molar-refractivity contribution < 1.29 is 0 Å². The second kappa shape index (κ2) is 4.85. The van der Waals surface area contributed by atoms with E-state index < -0.39 is 0 Å². The fourth-order valence-corrected chi connectivity index (χ4v) is 1.71. The van der Waals surface area contributed by atoms with Gasteiger partial charge in [0.1, 0.15) is 0 Å². The van der Waals surface area contributed by atoms with Crippen LogP contribution in [0.25, 0.3) is 0 Å². The van der Waals surface area contributed by atoms with E-state index >= 15 is 0 Å². The molecule has 2 heteroatoms. The molecule has 0 aliphatic rings. The maximum atomic E-state index is 5.99. The summed E-state index contributed by atoms with van der Waals surface area (Å²) >= 11 is 4.24. The van der Waals surface area contributed by atoms with Crippen molar-refractivity contribution in [3.63, 3.8) is 0 Å². The van der Waals surface area contributed by atoms with Crippen LogP contribution in [0.15, 0.2) is 18.2 Å². The maximum Gasteiger partial charge on any atom is 0.0387 e. The molecule has 14 heavy (non-hydrogen) atoms. The molecule has 1 atom stereocenters. The minimum Gasteiger partial charge on any atom is -0.323 e. The molecule has 1 aromatic carbocycles. The van der Waals surface area contributed by atoms with Crippen LogP contribution in [0.4, 0.5) is 0 Å². The first-order chi connectivity index (χ1) is 6.56. The molecule has 0 aliphatic heterocycles. The molecule has 0 saturated heterocycles. The Morgan fingerprint density at radius 3 is 2.50 bits per heavy atom. The molecule has 0 radical (unpaired) electrons. The highest BCUT2D eigenvalue weighted by Crippen LogP contribution is 2.22. The third kappa shape index (κ3) is 2.52. The summed E-state index contributed by atoms with van der Waals surface area (Å²) in [7, 11) is 0. The summed E-state index contributed by atoms with van der Waals surface area (Å²) in [4.78, 5) is 0. The Kier molecular flexibility index (Phi) is 4.02. The molecule has 1 aromatic rings. The van der Waals surface area contributed by atoms with Crippen molar-refractivity contribution >= 4 is 12.6 Å². The van der Waals surface area contributed by atoms with Gasteiger partial charge in [-0.1, -0.05) is 32.0 Å². The Balaban J connectivity index is 3.08. The SMILES string of the molecule is Cc1ccc(C(C)C)cc1C(N)CS. The normalized spacial score (nSPS) is 13.3. The fraction of sp³-hybridized carbons (Fsp3) is 0.500. The number of aryl methyl sites for hydroxylation is 1. The van der Waals surface area contributed by atoms with Crippen LogP contribution in [0.3, 0.4) is 0 Å². The van der Waals surface area contributed by atoms with E-state index in [4.69, 9.17) is 5.73 Å². The second-order valence-corrected chi connectivity index (χ2v) is 4.42. The topological polar surface area (TPSA) is 26.0 Å². The van der Waals surface area contributed by atoms with E-state index in [1.54, 1.807) is 0 Å². The van der Waals surface area contributed by atoms with E-state index in [1.807, 2.05) is 0 Å². The second-order valence-electron chi connectivity index (χ2n) is 4.06. The first-order valence-electron chi connectivity index (χ1n) is 5.03. The van der Waals surface area contributed by atoms with Crippen LogP contribution in [0.1, 0.15) is 42.5 Å². The molecule has 0 fully saturated rings. The molecule has 0 spiro atoms. The minimum atomic E-state index is 0.0528. The van der Waals surface area contributed by atoms with Gasteiger partial charge in [0.05, 0.1) is 0 Å². The highest BCUT2D eigenvalue weighted by Gasteiger charge is 2.09. The van der Waals surface area contributed by atoms with Crippen molar-refractivity contribution in [1.29, 1.82) is 0 Å². The summed E-state index contributed by atoms with van der Waals surface area (Å²) < 4.78 is 0. The summed E-state index contributed by atoms with van der Waals surface area (Å²) in [5.41, 5.74) is 9.83. The van der Waals surface area contributed by atoms with Gasteiger partial charge in [0.15, 0.2) is 0 Å². The van der Waals surface area contributed by atoms with E-state index in [1.165, 1.54) is 16.7 Å². The highest BCUT2D eigenvalue weighted by atomic mass is 32.1. The smallest absolute Gasteiger partial charge is 0.0387 e. The molecule has 2 N–H and O–H groups in total. The lowest BCUT2D eigenvalue weighted by molar-refractivity contribution is 0.807. The summed E-state index contributed by atoms with van der Waals surface area (Å²) in [5, 5.41) is 0. The maximum absolute atomic E-state index is 5.99. The summed E-state index contributed by atoms with van der Waals surface area (Å²) in [6.07, 6.45) is 0. The van der Waals surface area contributed by atoms with Crippen LogP contribution in [0.5, 0.6) is 0 Å². The van der Waals surface area contributed by atoms with Gasteiger partial charge >= 0.3 is 0 Å². The molecule has 0 bridgehead atoms. The molecule has 0 saturated carbocycles. The van der Waals surface area contributed by atoms with Crippen LogP contribution in [0, 0.1) is 6.92 Å². The lowest BCUT2D eigenvalue weighted by Crippen LogP contribution is -2.13. The molecule has 0 aliphatic carbocycles. The first-order valence-corrected chi connectivity index (χ1v) is 5.66. The van der Waals surface area contributed by atoms with Crippen molar-refractivity contribution in [2.45, 2.75) is 32.7 Å². The zero-order valence-electron chi connectivity index (χ0n) is 9.12. The standard InChI is InChI=1S/C12H19NS/c1-8(2)10-5-4-9(3)11(6-10)12(13)7-14/h4-6,8,12,14H,7,13H2,1-3H3. The Morgan fingerprint density at radius 1 is 1.36 bits per heavy atom. The number of nitrogens with two attached hydrogens (primary N) is 1. The van der Waals surface area contributed by atoms with E-state index in [0.717, 1.165) is 0 Å². The zero-order chi connectivity index (χ0) is 10.7. The molecule has 1 unspecified atom stereocenters. The van der Waals surface area contributed by atoms with Crippen LogP contribution >= 0.6 is 12.6 Å². The Morgan fingerprint density at radius 2 is 2.00 bits per heavy atom. The van der Waals surface area contributed by atoms with E-state index in [2.05, 4.69) is 51.6 Å². The number of hydrogen-bond donors (Lipinski definition) is 2. The largest absolute Gasteiger partial charge is 0.323 e. The van der Waals surface area contributed by atoms with E-state index in [9.17, 15) is 0 Å².